The molecule has 8 aromatic rings. The number of aryl methyl sites for hydroxylation is 9. The average molecular weight is 1110 g/mol. The second-order valence-corrected chi connectivity index (χ2v) is 18.0. The quantitative estimate of drug-likeness (QED) is 0.130. The normalized spacial score (nSPS) is 9.97. The van der Waals surface area contributed by atoms with Crippen LogP contribution in [0.1, 0.15) is 55.6 Å². The van der Waals surface area contributed by atoms with Crippen LogP contribution in [0.2, 0.25) is 5.02 Å². The zero-order valence-electron chi connectivity index (χ0n) is 43.1. The Balaban J connectivity index is 0.000000419. The van der Waals surface area contributed by atoms with Gasteiger partial charge in [0.05, 0.1) is 12.7 Å². The van der Waals surface area contributed by atoms with Gasteiger partial charge in [-0.3, -0.25) is 0 Å². The highest BCUT2D eigenvalue weighted by atomic mass is 79.9. The number of rotatable bonds is 3. The zero-order chi connectivity index (χ0) is 55.0. The van der Waals surface area contributed by atoms with Crippen molar-refractivity contribution in [1.29, 1.82) is 0 Å². The molecule has 0 aliphatic heterocycles. The van der Waals surface area contributed by atoms with Gasteiger partial charge in [0, 0.05) is 14.4 Å². The zero-order valence-corrected chi connectivity index (χ0v) is 46.3. The summed E-state index contributed by atoms with van der Waals surface area (Å²) in [6, 6.07) is 58.8. The standard InChI is InChI=1S/C8H7F3O.C8H7F3.C8H10O.C8H10S.C8H10.C7H7Br.C7H7Cl.C7H7F/c1-6-4-2-3-5-7(6)12-8(9,10)11;1-6-4-2-3-5-7(6)8(9,10)11;2*1-7-5-3-4-6-8(7)9-2;1-7-5-3-4-6-8(7)2;3*1-6-4-2-3-5-7(6)8/h2-5H,1H3;2-5H,1H3;2*3-6H,1-2H3;3-6H,1-2H3;3*2-5H,1H3. The van der Waals surface area contributed by atoms with Crippen LogP contribution < -0.4 is 9.47 Å². The van der Waals surface area contributed by atoms with E-state index in [0.29, 0.717) is 11.1 Å². The first-order valence-corrected chi connectivity index (χ1v) is 25.1. The van der Waals surface area contributed by atoms with E-state index < -0.39 is 18.1 Å². The topological polar surface area (TPSA) is 18.5 Å². The maximum absolute atomic E-state index is 12.3. The van der Waals surface area contributed by atoms with Crippen molar-refractivity contribution in [3.8, 4) is 11.5 Å². The number of methoxy groups -OCH3 is 1. The molecule has 0 heterocycles. The van der Waals surface area contributed by atoms with E-state index in [1.165, 1.54) is 74.4 Å². The number of alkyl halides is 6. The van der Waals surface area contributed by atoms with Crippen molar-refractivity contribution >= 4 is 39.3 Å². The summed E-state index contributed by atoms with van der Waals surface area (Å²) in [5.74, 6) is 0.676. The Bertz CT molecular complexity index is 2480. The molecule has 8 rings (SSSR count). The predicted octanol–water partition coefficient (Wildman–Crippen LogP) is 20.5. The lowest BCUT2D eigenvalue weighted by atomic mass is 10.1. The van der Waals surface area contributed by atoms with Crippen molar-refractivity contribution in [1.82, 2.24) is 0 Å². The molecule has 73 heavy (non-hydrogen) atoms. The summed E-state index contributed by atoms with van der Waals surface area (Å²) >= 11 is 10.9. The van der Waals surface area contributed by atoms with Gasteiger partial charge in [-0.15, -0.1) is 24.9 Å². The Labute approximate surface area is 446 Å². The van der Waals surface area contributed by atoms with Crippen LogP contribution in [0.25, 0.3) is 0 Å². The fourth-order valence-corrected chi connectivity index (χ4v) is 6.60. The number of benzene rings is 8. The highest BCUT2D eigenvalue weighted by Crippen LogP contribution is 2.31. The summed E-state index contributed by atoms with van der Waals surface area (Å²) in [7, 11) is 1.68. The summed E-state index contributed by atoms with van der Waals surface area (Å²) in [6.45, 7) is 17.2. The molecule has 0 spiro atoms. The first-order valence-electron chi connectivity index (χ1n) is 22.7. The molecule has 0 unspecified atom stereocenters. The SMILES string of the molecule is COc1ccccc1C.CSc1ccccc1C.Cc1ccccc1Br.Cc1ccccc1C.Cc1ccccc1C(F)(F)F.Cc1ccccc1Cl.Cc1ccccc1F.Cc1ccccc1OC(F)(F)F. The van der Waals surface area contributed by atoms with Crippen molar-refractivity contribution in [3.63, 3.8) is 0 Å². The average Bonchev–Trinajstić information content (AvgIpc) is 3.35. The van der Waals surface area contributed by atoms with Gasteiger partial charge >= 0.3 is 12.5 Å². The maximum Gasteiger partial charge on any atom is 0.573 e. The van der Waals surface area contributed by atoms with Gasteiger partial charge < -0.3 is 9.47 Å². The minimum atomic E-state index is -4.61. The Hall–Kier alpha value is -6.01. The lowest BCUT2D eigenvalue weighted by Gasteiger charge is -2.10. The third-order valence-corrected chi connectivity index (χ3v) is 12.3. The van der Waals surface area contributed by atoms with Crippen LogP contribution in [-0.4, -0.2) is 19.7 Å². The van der Waals surface area contributed by atoms with E-state index >= 15 is 0 Å². The van der Waals surface area contributed by atoms with Gasteiger partial charge in [0.1, 0.15) is 17.3 Å². The lowest BCUT2D eigenvalue weighted by Crippen LogP contribution is -2.17. The van der Waals surface area contributed by atoms with Crippen molar-refractivity contribution in [2.45, 2.75) is 79.7 Å². The van der Waals surface area contributed by atoms with Gasteiger partial charge in [0.2, 0.25) is 0 Å². The number of para-hydroxylation sites is 2. The summed E-state index contributed by atoms with van der Waals surface area (Å²) in [4.78, 5) is 1.37. The van der Waals surface area contributed by atoms with Crippen LogP contribution >= 0.6 is 39.3 Å². The van der Waals surface area contributed by atoms with E-state index in [9.17, 15) is 30.7 Å². The molecule has 0 atom stereocenters. The molecule has 0 saturated carbocycles. The fourth-order valence-electron chi connectivity index (χ4n) is 5.57. The minimum Gasteiger partial charge on any atom is -0.496 e. The molecule has 12 heteroatoms. The lowest BCUT2D eigenvalue weighted by molar-refractivity contribution is -0.274. The molecule has 0 aliphatic carbocycles. The van der Waals surface area contributed by atoms with E-state index in [1.807, 2.05) is 86.6 Å². The summed E-state index contributed by atoms with van der Waals surface area (Å²) in [5, 5.41) is 0.840. The second-order valence-electron chi connectivity index (χ2n) is 15.9. The Morgan fingerprint density at radius 3 is 1.05 bits per heavy atom. The molecule has 0 amide bonds. The van der Waals surface area contributed by atoms with Crippen LogP contribution in [0.15, 0.2) is 203 Å². The Morgan fingerprint density at radius 2 is 0.781 bits per heavy atom. The van der Waals surface area contributed by atoms with E-state index in [0.717, 1.165) is 22.4 Å². The molecule has 0 N–H and O–H groups in total. The molecule has 390 valence electrons. The van der Waals surface area contributed by atoms with Crippen LogP contribution in [-0.2, 0) is 6.18 Å². The smallest absolute Gasteiger partial charge is 0.496 e. The van der Waals surface area contributed by atoms with Gasteiger partial charge in [-0.1, -0.05) is 179 Å². The number of hydrogen-bond acceptors (Lipinski definition) is 3. The fraction of sp³-hybridized carbons (Fsp3) is 0.213. The number of halogens is 9. The predicted molar refractivity (Wildman–Crippen MR) is 297 cm³/mol. The Morgan fingerprint density at radius 1 is 0.411 bits per heavy atom. The highest BCUT2D eigenvalue weighted by molar-refractivity contribution is 9.10. The number of thioether (sulfide) groups is 1. The monoisotopic (exact) mass is 1110 g/mol. The van der Waals surface area contributed by atoms with E-state index in [4.69, 9.17) is 16.3 Å². The Kier molecular flexibility index (Phi) is 31.3. The minimum absolute atomic E-state index is 0.132. The van der Waals surface area contributed by atoms with Gasteiger partial charge in [-0.2, -0.15) is 13.2 Å². The maximum atomic E-state index is 12.3. The second kappa shape index (κ2) is 35.2. The molecule has 2 nitrogen and oxygen atoms in total. The van der Waals surface area contributed by atoms with E-state index in [-0.39, 0.29) is 17.1 Å². The van der Waals surface area contributed by atoms with Crippen molar-refractivity contribution in [2.24, 2.45) is 0 Å². The summed E-state index contributed by atoms with van der Waals surface area (Å²) in [5.41, 5.74) is 8.58. The molecular formula is C61H65BrClF7O2S. The first-order chi connectivity index (χ1) is 34.4. The molecular weight excluding hydrogens is 1050 g/mol. The van der Waals surface area contributed by atoms with E-state index in [1.54, 1.807) is 63.1 Å². The van der Waals surface area contributed by atoms with E-state index in [2.05, 4.69) is 109 Å². The summed E-state index contributed by atoms with van der Waals surface area (Å²) < 4.78 is 93.5. The van der Waals surface area contributed by atoms with Crippen molar-refractivity contribution < 1.29 is 40.2 Å². The van der Waals surface area contributed by atoms with Crippen LogP contribution in [0.4, 0.5) is 30.7 Å². The molecule has 8 aromatic carbocycles. The first kappa shape index (κ1) is 65.0. The molecule has 0 fully saturated rings. The van der Waals surface area contributed by atoms with Gasteiger partial charge in [-0.05, 0) is 161 Å². The largest absolute Gasteiger partial charge is 0.573 e. The number of hydrogen-bond donors (Lipinski definition) is 0. The molecule has 0 bridgehead atoms. The van der Waals surface area contributed by atoms with Crippen LogP contribution in [0, 0.1) is 68.1 Å². The van der Waals surface area contributed by atoms with Crippen LogP contribution in [0.5, 0.6) is 11.5 Å². The van der Waals surface area contributed by atoms with Gasteiger partial charge in [0.25, 0.3) is 0 Å². The molecule has 0 aliphatic rings. The molecule has 0 radical (unpaired) electrons. The number of ether oxygens (including phenoxy) is 2. The third-order valence-electron chi connectivity index (χ3n) is 10.1. The van der Waals surface area contributed by atoms with Gasteiger partial charge in [-0.25, -0.2) is 4.39 Å². The van der Waals surface area contributed by atoms with Crippen molar-refractivity contribution in [2.75, 3.05) is 13.4 Å². The highest BCUT2D eigenvalue weighted by Gasteiger charge is 2.32. The van der Waals surface area contributed by atoms with Crippen molar-refractivity contribution in [3.05, 3.63) is 265 Å². The molecule has 0 aromatic heterocycles. The van der Waals surface area contributed by atoms with Gasteiger partial charge in [0.15, 0.2) is 0 Å². The van der Waals surface area contributed by atoms with Crippen LogP contribution in [0.3, 0.4) is 0 Å². The molecule has 0 saturated heterocycles. The third kappa shape index (κ3) is 28.7. The summed E-state index contributed by atoms with van der Waals surface area (Å²) in [6.07, 6.45) is -6.72.